The lowest BCUT2D eigenvalue weighted by atomic mass is 10.1. The predicted octanol–water partition coefficient (Wildman–Crippen LogP) is 2.18. The number of anilines is 1. The Morgan fingerprint density at radius 1 is 1.11 bits per heavy atom. The number of nitrogens with zero attached hydrogens (tertiary/aromatic N) is 6. The maximum Gasteiger partial charge on any atom is 0.332 e. The van der Waals surface area contributed by atoms with Crippen molar-refractivity contribution in [3.8, 4) is 0 Å². The quantitative estimate of drug-likeness (QED) is 0.698. The lowest BCUT2D eigenvalue weighted by Crippen LogP contribution is -2.40. The summed E-state index contributed by atoms with van der Waals surface area (Å²) in [6.07, 6.45) is 0. The molecule has 1 aromatic carbocycles. The highest BCUT2D eigenvalue weighted by Gasteiger charge is 2.30. The molecule has 0 radical (unpaired) electrons. The minimum Gasteiger partial charge on any atom is -0.294 e. The molecular formula is C20H24N6O2. The molecule has 0 N–H and O–H groups in total. The Hall–Kier alpha value is -3.16. The summed E-state index contributed by atoms with van der Waals surface area (Å²) in [5.74, 6) is 0.578. The molecule has 3 aromatic rings. The maximum absolute atomic E-state index is 13.1. The zero-order valence-corrected chi connectivity index (χ0v) is 16.8. The molecule has 0 unspecified atom stereocenters. The first kappa shape index (κ1) is 18.2. The van der Waals surface area contributed by atoms with E-state index in [1.165, 1.54) is 14.7 Å². The highest BCUT2D eigenvalue weighted by Crippen LogP contribution is 2.30. The molecule has 0 saturated carbocycles. The SMILES string of the molecule is CCn1c(=O)c2c(nc3n2[C@H](C)C(C)=NN3Cc2ccc(C)cc2)n(C)c1=O. The van der Waals surface area contributed by atoms with Crippen LogP contribution in [0.2, 0.25) is 0 Å². The molecule has 4 rings (SSSR count). The second kappa shape index (κ2) is 6.47. The molecule has 0 fully saturated rings. The van der Waals surface area contributed by atoms with Crippen molar-refractivity contribution in [2.75, 3.05) is 5.01 Å². The second-order valence-corrected chi connectivity index (χ2v) is 7.31. The van der Waals surface area contributed by atoms with E-state index in [2.05, 4.69) is 29.2 Å². The summed E-state index contributed by atoms with van der Waals surface area (Å²) >= 11 is 0. The molecule has 1 aliphatic rings. The molecule has 8 nitrogen and oxygen atoms in total. The molecule has 146 valence electrons. The molecule has 1 atom stereocenters. The number of aryl methyl sites for hydroxylation is 2. The van der Waals surface area contributed by atoms with Crippen LogP contribution in [0.25, 0.3) is 11.2 Å². The van der Waals surface area contributed by atoms with Crippen LogP contribution in [0.5, 0.6) is 0 Å². The van der Waals surface area contributed by atoms with Crippen LogP contribution in [0.3, 0.4) is 0 Å². The van der Waals surface area contributed by atoms with Gasteiger partial charge >= 0.3 is 5.69 Å². The highest BCUT2D eigenvalue weighted by molar-refractivity contribution is 5.91. The van der Waals surface area contributed by atoms with Crippen molar-refractivity contribution >= 4 is 22.8 Å². The Morgan fingerprint density at radius 3 is 2.43 bits per heavy atom. The third-order valence-corrected chi connectivity index (χ3v) is 5.43. The Balaban J connectivity index is 1.95. The molecule has 0 amide bonds. The standard InChI is InChI=1S/C20H24N6O2/c1-6-24-18(27)16-17(23(5)20(24)28)21-19-25(22-13(3)14(4)26(16)19)11-15-9-7-12(2)8-10-15/h7-10,14H,6,11H2,1-5H3/t14-/m1/s1. The van der Waals surface area contributed by atoms with Crippen molar-refractivity contribution in [3.63, 3.8) is 0 Å². The van der Waals surface area contributed by atoms with Gasteiger partial charge in [0.15, 0.2) is 11.2 Å². The van der Waals surface area contributed by atoms with Gasteiger partial charge in [-0.25, -0.2) is 9.80 Å². The van der Waals surface area contributed by atoms with Crippen molar-refractivity contribution in [3.05, 3.63) is 56.2 Å². The van der Waals surface area contributed by atoms with E-state index in [1.807, 2.05) is 25.3 Å². The number of imidazole rings is 1. The average Bonchev–Trinajstić information content (AvgIpc) is 3.08. The Morgan fingerprint density at radius 2 is 1.79 bits per heavy atom. The van der Waals surface area contributed by atoms with Gasteiger partial charge in [-0.1, -0.05) is 29.8 Å². The molecular weight excluding hydrogens is 356 g/mol. The van der Waals surface area contributed by atoms with Crippen molar-refractivity contribution in [1.29, 1.82) is 0 Å². The van der Waals surface area contributed by atoms with Crippen LogP contribution in [0.4, 0.5) is 5.95 Å². The summed E-state index contributed by atoms with van der Waals surface area (Å²) in [5.41, 5.74) is 3.33. The fourth-order valence-corrected chi connectivity index (χ4v) is 3.63. The van der Waals surface area contributed by atoms with Crippen molar-refractivity contribution in [2.24, 2.45) is 12.1 Å². The zero-order valence-electron chi connectivity index (χ0n) is 16.8. The molecule has 0 aliphatic carbocycles. The number of aromatic nitrogens is 4. The number of rotatable bonds is 3. The van der Waals surface area contributed by atoms with Crippen LogP contribution < -0.4 is 16.3 Å². The number of hydrogen-bond acceptors (Lipinski definition) is 5. The van der Waals surface area contributed by atoms with E-state index in [1.54, 1.807) is 19.0 Å². The van der Waals surface area contributed by atoms with E-state index in [0.29, 0.717) is 30.2 Å². The summed E-state index contributed by atoms with van der Waals surface area (Å²) in [6, 6.07) is 8.12. The maximum atomic E-state index is 13.1. The Bertz CT molecular complexity index is 1210. The first-order valence-electron chi connectivity index (χ1n) is 9.43. The minimum absolute atomic E-state index is 0.121. The van der Waals surface area contributed by atoms with Crippen LogP contribution in [-0.2, 0) is 20.1 Å². The number of benzene rings is 1. The summed E-state index contributed by atoms with van der Waals surface area (Å²) in [4.78, 5) is 30.2. The summed E-state index contributed by atoms with van der Waals surface area (Å²) in [5, 5.41) is 6.52. The minimum atomic E-state index is -0.356. The Labute approximate surface area is 162 Å². The van der Waals surface area contributed by atoms with Gasteiger partial charge in [-0.2, -0.15) is 10.1 Å². The van der Waals surface area contributed by atoms with E-state index in [-0.39, 0.29) is 17.3 Å². The van der Waals surface area contributed by atoms with Crippen molar-refractivity contribution in [1.82, 2.24) is 18.7 Å². The first-order chi connectivity index (χ1) is 13.3. The van der Waals surface area contributed by atoms with E-state index < -0.39 is 0 Å². The van der Waals surface area contributed by atoms with Crippen molar-refractivity contribution in [2.45, 2.75) is 46.8 Å². The fraction of sp³-hybridized carbons (Fsp3) is 0.400. The van der Waals surface area contributed by atoms with Gasteiger partial charge in [-0.3, -0.25) is 18.5 Å². The molecule has 3 heterocycles. The monoisotopic (exact) mass is 380 g/mol. The van der Waals surface area contributed by atoms with Crippen LogP contribution in [-0.4, -0.2) is 24.4 Å². The number of hydrogen-bond donors (Lipinski definition) is 0. The lowest BCUT2D eigenvalue weighted by molar-refractivity contribution is 0.618. The van der Waals surface area contributed by atoms with Crippen LogP contribution >= 0.6 is 0 Å². The van der Waals surface area contributed by atoms with Gasteiger partial charge in [-0.15, -0.1) is 0 Å². The lowest BCUT2D eigenvalue weighted by Gasteiger charge is -2.29. The summed E-state index contributed by atoms with van der Waals surface area (Å²) in [6.45, 7) is 8.63. The predicted molar refractivity (Wildman–Crippen MR) is 110 cm³/mol. The average molecular weight is 380 g/mol. The molecule has 2 aromatic heterocycles. The number of hydrazone groups is 1. The normalized spacial score (nSPS) is 16.4. The van der Waals surface area contributed by atoms with Gasteiger partial charge in [0, 0.05) is 13.6 Å². The van der Waals surface area contributed by atoms with E-state index in [0.717, 1.165) is 11.3 Å². The van der Waals surface area contributed by atoms with Gasteiger partial charge in [0.1, 0.15) is 0 Å². The molecule has 8 heteroatoms. The molecule has 0 spiro atoms. The zero-order chi connectivity index (χ0) is 20.2. The van der Waals surface area contributed by atoms with Gasteiger partial charge in [0.25, 0.3) is 5.56 Å². The molecule has 28 heavy (non-hydrogen) atoms. The molecule has 1 aliphatic heterocycles. The summed E-state index contributed by atoms with van der Waals surface area (Å²) in [7, 11) is 1.65. The topological polar surface area (TPSA) is 77.4 Å². The van der Waals surface area contributed by atoms with Gasteiger partial charge in [0.2, 0.25) is 5.95 Å². The highest BCUT2D eigenvalue weighted by atomic mass is 16.2. The van der Waals surface area contributed by atoms with Crippen LogP contribution in [0, 0.1) is 6.92 Å². The van der Waals surface area contributed by atoms with Gasteiger partial charge < -0.3 is 0 Å². The molecule has 0 saturated heterocycles. The van der Waals surface area contributed by atoms with E-state index >= 15 is 0 Å². The van der Waals surface area contributed by atoms with E-state index in [9.17, 15) is 9.59 Å². The van der Waals surface area contributed by atoms with Gasteiger partial charge in [-0.05, 0) is 33.3 Å². The fourth-order valence-electron chi connectivity index (χ4n) is 3.63. The largest absolute Gasteiger partial charge is 0.332 e. The second-order valence-electron chi connectivity index (χ2n) is 7.31. The smallest absolute Gasteiger partial charge is 0.294 e. The third-order valence-electron chi connectivity index (χ3n) is 5.43. The van der Waals surface area contributed by atoms with Crippen LogP contribution in [0.15, 0.2) is 39.0 Å². The third kappa shape index (κ3) is 2.59. The van der Waals surface area contributed by atoms with E-state index in [4.69, 9.17) is 5.10 Å². The Kier molecular flexibility index (Phi) is 4.21. The van der Waals surface area contributed by atoms with Crippen LogP contribution in [0.1, 0.15) is 37.9 Å². The molecule has 0 bridgehead atoms. The van der Waals surface area contributed by atoms with Gasteiger partial charge in [0.05, 0.1) is 18.3 Å². The summed E-state index contributed by atoms with van der Waals surface area (Å²) < 4.78 is 4.59. The first-order valence-corrected chi connectivity index (χ1v) is 9.43. The van der Waals surface area contributed by atoms with Crippen molar-refractivity contribution < 1.29 is 0 Å². The number of fused-ring (bicyclic) bond motifs is 3.